The van der Waals surface area contributed by atoms with Gasteiger partial charge in [0.2, 0.25) is 5.03 Å². The predicted octanol–water partition coefficient (Wildman–Crippen LogP) is 3.97. The second-order valence-corrected chi connectivity index (χ2v) is 12.3. The lowest BCUT2D eigenvalue weighted by molar-refractivity contribution is -0.145. The average Bonchev–Trinajstić information content (AvgIpc) is 3.59. The molecule has 0 spiro atoms. The number of nitrogens with zero attached hydrogens (tertiary/aromatic N) is 5. The van der Waals surface area contributed by atoms with Gasteiger partial charge in [0.15, 0.2) is 17.2 Å². The van der Waals surface area contributed by atoms with Crippen LogP contribution in [0, 0.1) is 0 Å². The molecule has 1 aromatic carbocycles. The van der Waals surface area contributed by atoms with Crippen LogP contribution in [-0.4, -0.2) is 69.7 Å². The highest BCUT2D eigenvalue weighted by atomic mass is 32.2. The predicted molar refractivity (Wildman–Crippen MR) is 146 cm³/mol. The summed E-state index contributed by atoms with van der Waals surface area (Å²) < 4.78 is 47.1. The molecule has 1 saturated carbocycles. The molecule has 13 nitrogen and oxygen atoms in total. The monoisotopic (exact) mass is 587 g/mol. The number of ether oxygens (including phenoxy) is 2. The Morgan fingerprint density at radius 1 is 1.22 bits per heavy atom. The van der Waals surface area contributed by atoms with E-state index in [2.05, 4.69) is 9.97 Å². The van der Waals surface area contributed by atoms with Gasteiger partial charge < -0.3 is 23.6 Å². The third kappa shape index (κ3) is 4.95. The highest BCUT2D eigenvalue weighted by Gasteiger charge is 2.55. The molecule has 1 aliphatic heterocycles. The van der Waals surface area contributed by atoms with Crippen molar-refractivity contribution >= 4 is 27.8 Å². The normalized spacial score (nSPS) is 18.3. The number of rotatable bonds is 9. The number of anilines is 1. The summed E-state index contributed by atoms with van der Waals surface area (Å²) >= 11 is 0. The van der Waals surface area contributed by atoms with Gasteiger partial charge in [-0.25, -0.2) is 19.6 Å². The lowest BCUT2D eigenvalue weighted by atomic mass is 9.97. The summed E-state index contributed by atoms with van der Waals surface area (Å²) in [5, 5.41) is 9.62. The molecule has 1 atom stereocenters. The Balaban J connectivity index is 1.68. The lowest BCUT2D eigenvalue weighted by Crippen LogP contribution is -2.62. The van der Waals surface area contributed by atoms with E-state index < -0.39 is 33.7 Å². The van der Waals surface area contributed by atoms with Gasteiger partial charge in [-0.15, -0.1) is 0 Å². The number of aromatic nitrogens is 3. The minimum atomic E-state index is -4.68. The Labute approximate surface area is 237 Å². The fourth-order valence-corrected chi connectivity index (χ4v) is 7.36. The zero-order valence-electron chi connectivity index (χ0n) is 23.3. The molecule has 220 valence electrons. The molecule has 0 unspecified atom stereocenters. The number of imidazole rings is 1. The molecule has 1 N–H and O–H groups in total. The largest absolute Gasteiger partial charge is 0.496 e. The molecule has 3 heterocycles. The van der Waals surface area contributed by atoms with Crippen molar-refractivity contribution in [1.29, 1.82) is 0 Å². The summed E-state index contributed by atoms with van der Waals surface area (Å²) in [7, 11) is -1.71. The van der Waals surface area contributed by atoms with Gasteiger partial charge in [0.05, 0.1) is 26.0 Å². The van der Waals surface area contributed by atoms with Gasteiger partial charge in [-0.1, -0.05) is 37.5 Å². The smallest absolute Gasteiger partial charge is 0.340 e. The molecule has 14 heteroatoms. The summed E-state index contributed by atoms with van der Waals surface area (Å²) in [6.07, 6.45) is 6.69. The summed E-state index contributed by atoms with van der Waals surface area (Å²) in [6.45, 7) is 2.16. The van der Waals surface area contributed by atoms with E-state index >= 15 is 0 Å². The van der Waals surface area contributed by atoms with E-state index in [0.717, 1.165) is 50.9 Å². The number of carbonyl (C=O) groups excluding carboxylic acids is 1. The minimum absolute atomic E-state index is 0.0354. The first-order valence-electron chi connectivity index (χ1n) is 13.3. The first kappa shape index (κ1) is 28.6. The van der Waals surface area contributed by atoms with Crippen molar-refractivity contribution in [3.05, 3.63) is 42.3 Å². The van der Waals surface area contributed by atoms with E-state index in [0.29, 0.717) is 15.6 Å². The number of oxazole rings is 1. The van der Waals surface area contributed by atoms with E-state index in [-0.39, 0.29) is 35.2 Å². The number of methoxy groups -OCH3 is 1. The molecular formula is C27H33N5O8S. The van der Waals surface area contributed by atoms with Gasteiger partial charge in [0.1, 0.15) is 18.1 Å². The van der Waals surface area contributed by atoms with E-state index in [9.17, 15) is 23.1 Å². The van der Waals surface area contributed by atoms with Crippen LogP contribution < -0.4 is 9.64 Å². The SMILES string of the molecule is COc1ccccc1[C@H](CN1C(=O)N(C(C)(C)C(=O)O)S(=O)(=O)c2c1nc(-c1ncco1)n2C)OC1CCCCC1. The van der Waals surface area contributed by atoms with Crippen molar-refractivity contribution in [3.63, 3.8) is 0 Å². The topological polar surface area (TPSA) is 157 Å². The molecule has 0 saturated heterocycles. The highest BCUT2D eigenvalue weighted by Crippen LogP contribution is 2.42. The Kier molecular flexibility index (Phi) is 7.55. The van der Waals surface area contributed by atoms with Crippen LogP contribution in [0.4, 0.5) is 10.6 Å². The van der Waals surface area contributed by atoms with Crippen LogP contribution in [0.5, 0.6) is 5.75 Å². The molecule has 2 aliphatic rings. The lowest BCUT2D eigenvalue weighted by Gasteiger charge is -2.41. The summed E-state index contributed by atoms with van der Waals surface area (Å²) in [5.41, 5.74) is -1.46. The zero-order chi connectivity index (χ0) is 29.5. The van der Waals surface area contributed by atoms with Crippen molar-refractivity contribution in [2.24, 2.45) is 7.05 Å². The first-order chi connectivity index (χ1) is 19.5. The Hall–Kier alpha value is -3.91. The fraction of sp³-hybridized carbons (Fsp3) is 0.481. The molecule has 0 radical (unpaired) electrons. The highest BCUT2D eigenvalue weighted by molar-refractivity contribution is 7.90. The maximum absolute atomic E-state index is 14.1. The van der Waals surface area contributed by atoms with E-state index in [1.54, 1.807) is 6.07 Å². The fourth-order valence-electron chi connectivity index (χ4n) is 5.39. The number of sulfonamides is 1. The van der Waals surface area contributed by atoms with Crippen LogP contribution in [-0.2, 0) is 26.6 Å². The number of carbonyl (C=O) groups is 2. The Morgan fingerprint density at radius 3 is 2.56 bits per heavy atom. The third-order valence-electron chi connectivity index (χ3n) is 7.57. The summed E-state index contributed by atoms with van der Waals surface area (Å²) in [5.74, 6) is -1.04. The number of amides is 2. The number of aliphatic carboxylic acids is 1. The maximum atomic E-state index is 14.1. The van der Waals surface area contributed by atoms with Crippen molar-refractivity contribution in [2.75, 3.05) is 18.6 Å². The quantitative estimate of drug-likeness (QED) is 0.388. The Morgan fingerprint density at radius 2 is 1.93 bits per heavy atom. The van der Waals surface area contributed by atoms with Gasteiger partial charge in [-0.2, -0.15) is 12.7 Å². The number of hydrogen-bond donors (Lipinski definition) is 1. The number of urea groups is 1. The summed E-state index contributed by atoms with van der Waals surface area (Å²) in [6, 6.07) is 6.18. The molecule has 1 aliphatic carbocycles. The molecule has 41 heavy (non-hydrogen) atoms. The van der Waals surface area contributed by atoms with Crippen molar-refractivity contribution in [1.82, 2.24) is 18.8 Å². The third-order valence-corrected chi connectivity index (χ3v) is 9.61. The maximum Gasteiger partial charge on any atom is 0.340 e. The van der Waals surface area contributed by atoms with Crippen LogP contribution >= 0.6 is 0 Å². The molecule has 2 aromatic heterocycles. The van der Waals surface area contributed by atoms with E-state index in [4.69, 9.17) is 13.9 Å². The van der Waals surface area contributed by atoms with Crippen LogP contribution in [0.2, 0.25) is 0 Å². The van der Waals surface area contributed by atoms with Crippen LogP contribution in [0.1, 0.15) is 57.6 Å². The van der Waals surface area contributed by atoms with E-state index in [1.807, 2.05) is 18.2 Å². The molecule has 2 amide bonds. The van der Waals surface area contributed by atoms with Crippen molar-refractivity contribution in [2.45, 2.75) is 68.7 Å². The number of carboxylic acid groups (broad SMARTS) is 1. The van der Waals surface area contributed by atoms with Gasteiger partial charge >= 0.3 is 12.0 Å². The average molecular weight is 588 g/mol. The van der Waals surface area contributed by atoms with Gasteiger partial charge in [-0.3, -0.25) is 4.90 Å². The van der Waals surface area contributed by atoms with Crippen molar-refractivity contribution < 1.29 is 37.0 Å². The number of hydrogen-bond acceptors (Lipinski definition) is 9. The van der Waals surface area contributed by atoms with Gasteiger partial charge in [0, 0.05) is 12.6 Å². The Bertz CT molecular complexity index is 1540. The minimum Gasteiger partial charge on any atom is -0.496 e. The van der Waals surface area contributed by atoms with Crippen LogP contribution in [0.15, 0.2) is 46.2 Å². The summed E-state index contributed by atoms with van der Waals surface area (Å²) in [4.78, 5) is 36.1. The number of fused-ring (bicyclic) bond motifs is 1. The molecular weight excluding hydrogens is 554 g/mol. The van der Waals surface area contributed by atoms with Crippen LogP contribution in [0.3, 0.4) is 0 Å². The molecule has 5 rings (SSSR count). The number of para-hydroxylation sites is 1. The molecule has 3 aromatic rings. The van der Waals surface area contributed by atoms with Gasteiger partial charge in [-0.05, 0) is 32.8 Å². The molecule has 1 fully saturated rings. The zero-order valence-corrected chi connectivity index (χ0v) is 24.1. The second-order valence-electron chi connectivity index (χ2n) is 10.6. The second kappa shape index (κ2) is 10.8. The van der Waals surface area contributed by atoms with E-state index in [1.165, 1.54) is 31.2 Å². The number of benzene rings is 1. The standard InChI is InChI=1S/C27H33N5O8S/c1-27(2,25(33)34)32-26(35)31(22-24(41(32,36)37)30(3)21(29-22)23-28-14-15-39-23)16-20(40-17-10-6-5-7-11-17)18-12-8-9-13-19(18)38-4/h8-9,12-15,17,20H,5-7,10-11,16H2,1-4H3,(H,33,34)/t20-/m0/s1. The first-order valence-corrected chi connectivity index (χ1v) is 14.8. The van der Waals surface area contributed by atoms with Crippen molar-refractivity contribution in [3.8, 4) is 17.5 Å². The molecule has 0 bridgehead atoms. The van der Waals surface area contributed by atoms with Crippen LogP contribution in [0.25, 0.3) is 11.7 Å². The van der Waals surface area contributed by atoms with Gasteiger partial charge in [0.25, 0.3) is 15.9 Å². The number of carboxylic acids is 1.